The minimum absolute atomic E-state index is 0.135. The molecule has 128 valence electrons. The number of sulfone groups is 1. The normalized spacial score (nSPS) is 12.5. The number of methoxy groups -OCH3 is 1. The van der Waals surface area contributed by atoms with Crippen LogP contribution in [-0.4, -0.2) is 21.5 Å². The molecule has 0 aliphatic rings. The molecule has 0 aliphatic heterocycles. The molecule has 0 aromatic heterocycles. The topological polar surface area (TPSA) is 69.7 Å². The Morgan fingerprint density at radius 2 is 1.42 bits per heavy atom. The molecule has 0 fully saturated rings. The summed E-state index contributed by atoms with van der Waals surface area (Å²) in [5, 5.41) is 0. The van der Waals surface area contributed by atoms with Crippen LogP contribution in [0.3, 0.4) is 0 Å². The molecule has 0 saturated heterocycles. The van der Waals surface area contributed by atoms with Gasteiger partial charge in [-0.05, 0) is 55.0 Å². The molecule has 1 atom stereocenters. The van der Waals surface area contributed by atoms with Crippen molar-refractivity contribution in [2.75, 3.05) is 7.11 Å². The molecular weight excluding hydrogens is 328 g/mol. The molecule has 2 rings (SSSR count). The minimum Gasteiger partial charge on any atom is -0.497 e. The van der Waals surface area contributed by atoms with E-state index in [1.54, 1.807) is 19.1 Å². The van der Waals surface area contributed by atoms with E-state index in [2.05, 4.69) is 0 Å². The number of carbonyl (C=O) groups excluding carboxylic acids is 1. The highest BCUT2D eigenvalue weighted by atomic mass is 32.2. The first-order chi connectivity index (χ1) is 11.4. The molecule has 2 aromatic carbocycles. The smallest absolute Gasteiger partial charge is 0.314 e. The second-order valence-corrected chi connectivity index (χ2v) is 7.33. The second kappa shape index (κ2) is 7.49. The summed E-state index contributed by atoms with van der Waals surface area (Å²) in [5.41, 5.74) is 0. The predicted molar refractivity (Wildman–Crippen MR) is 90.0 cm³/mol. The fraction of sp³-hybridized carbons (Fsp3) is 0.278. The molecular formula is C18H20O5S. The van der Waals surface area contributed by atoms with Gasteiger partial charge in [-0.15, -0.1) is 0 Å². The van der Waals surface area contributed by atoms with Crippen molar-refractivity contribution < 1.29 is 22.7 Å². The molecule has 2 aromatic rings. The summed E-state index contributed by atoms with van der Waals surface area (Å²) in [5.74, 6) is 0.381. The molecule has 0 N–H and O–H groups in total. The SMILES string of the molecule is CCC(C)C(=O)Oc1ccc(S(=O)(=O)c2ccc(OC)cc2)cc1. The third kappa shape index (κ3) is 3.94. The summed E-state index contributed by atoms with van der Waals surface area (Å²) in [7, 11) is -2.11. The first kappa shape index (κ1) is 18.0. The van der Waals surface area contributed by atoms with Gasteiger partial charge in [0.25, 0.3) is 0 Å². The van der Waals surface area contributed by atoms with E-state index in [-0.39, 0.29) is 21.7 Å². The number of hydrogen-bond donors (Lipinski definition) is 0. The fourth-order valence-electron chi connectivity index (χ4n) is 1.96. The van der Waals surface area contributed by atoms with E-state index in [0.717, 1.165) is 0 Å². The van der Waals surface area contributed by atoms with E-state index >= 15 is 0 Å². The molecule has 5 nitrogen and oxygen atoms in total. The number of esters is 1. The third-order valence-electron chi connectivity index (χ3n) is 3.74. The van der Waals surface area contributed by atoms with Gasteiger partial charge in [-0.3, -0.25) is 4.79 Å². The Morgan fingerprint density at radius 1 is 0.958 bits per heavy atom. The zero-order valence-electron chi connectivity index (χ0n) is 13.9. The largest absolute Gasteiger partial charge is 0.497 e. The van der Waals surface area contributed by atoms with Crippen LogP contribution in [-0.2, 0) is 14.6 Å². The maximum Gasteiger partial charge on any atom is 0.314 e. The summed E-state index contributed by atoms with van der Waals surface area (Å²) in [4.78, 5) is 12.1. The van der Waals surface area contributed by atoms with Crippen molar-refractivity contribution in [3.63, 3.8) is 0 Å². The Labute approximate surface area is 142 Å². The molecule has 0 aliphatic carbocycles. The van der Waals surface area contributed by atoms with E-state index < -0.39 is 9.84 Å². The summed E-state index contributed by atoms with van der Waals surface area (Å²) < 4.78 is 35.4. The van der Waals surface area contributed by atoms with Gasteiger partial charge in [0, 0.05) is 0 Å². The third-order valence-corrected chi connectivity index (χ3v) is 5.52. The lowest BCUT2D eigenvalue weighted by molar-refractivity contribution is -0.138. The van der Waals surface area contributed by atoms with Crippen molar-refractivity contribution >= 4 is 15.8 Å². The number of hydrogen-bond acceptors (Lipinski definition) is 5. The molecule has 24 heavy (non-hydrogen) atoms. The summed E-state index contributed by atoms with van der Waals surface area (Å²) in [6.45, 7) is 3.68. The molecule has 0 amide bonds. The average molecular weight is 348 g/mol. The van der Waals surface area contributed by atoms with Crippen LogP contribution in [0, 0.1) is 5.92 Å². The fourth-order valence-corrected chi connectivity index (χ4v) is 3.22. The molecule has 0 radical (unpaired) electrons. The zero-order chi connectivity index (χ0) is 17.7. The van der Waals surface area contributed by atoms with Crippen molar-refractivity contribution in [2.45, 2.75) is 30.1 Å². The first-order valence-corrected chi connectivity index (χ1v) is 9.07. The van der Waals surface area contributed by atoms with Crippen LogP contribution in [0.15, 0.2) is 58.3 Å². The standard InChI is InChI=1S/C18H20O5S/c1-4-13(2)18(19)23-15-7-11-17(12-8-15)24(20,21)16-9-5-14(22-3)6-10-16/h5-13H,4H2,1-3H3. The lowest BCUT2D eigenvalue weighted by Gasteiger charge is -2.10. The Balaban J connectivity index is 2.21. The molecule has 0 bridgehead atoms. The monoisotopic (exact) mass is 348 g/mol. The van der Waals surface area contributed by atoms with Gasteiger partial charge in [0.1, 0.15) is 11.5 Å². The number of rotatable bonds is 6. The van der Waals surface area contributed by atoms with Crippen molar-refractivity contribution in [3.05, 3.63) is 48.5 Å². The average Bonchev–Trinajstić information content (AvgIpc) is 2.61. The van der Waals surface area contributed by atoms with Crippen LogP contribution in [0.4, 0.5) is 0 Å². The van der Waals surface area contributed by atoms with Gasteiger partial charge in [-0.25, -0.2) is 8.42 Å². The van der Waals surface area contributed by atoms with Gasteiger partial charge in [-0.1, -0.05) is 13.8 Å². The predicted octanol–water partition coefficient (Wildman–Crippen LogP) is 3.48. The Kier molecular flexibility index (Phi) is 5.62. The van der Waals surface area contributed by atoms with Gasteiger partial charge >= 0.3 is 5.97 Å². The molecule has 0 saturated carbocycles. The highest BCUT2D eigenvalue weighted by Gasteiger charge is 2.18. The number of carbonyl (C=O) groups is 1. The van der Waals surface area contributed by atoms with Crippen LogP contribution >= 0.6 is 0 Å². The minimum atomic E-state index is -3.63. The van der Waals surface area contributed by atoms with Crippen molar-refractivity contribution in [3.8, 4) is 11.5 Å². The Hall–Kier alpha value is -2.34. The number of benzene rings is 2. The van der Waals surface area contributed by atoms with E-state index in [4.69, 9.17) is 9.47 Å². The van der Waals surface area contributed by atoms with Gasteiger partial charge in [-0.2, -0.15) is 0 Å². The van der Waals surface area contributed by atoms with E-state index in [0.29, 0.717) is 17.9 Å². The van der Waals surface area contributed by atoms with E-state index in [1.807, 2.05) is 6.92 Å². The van der Waals surface area contributed by atoms with Crippen molar-refractivity contribution in [1.29, 1.82) is 0 Å². The molecule has 0 heterocycles. The lowest BCUT2D eigenvalue weighted by Crippen LogP contribution is -2.16. The van der Waals surface area contributed by atoms with Gasteiger partial charge in [0.05, 0.1) is 22.8 Å². The lowest BCUT2D eigenvalue weighted by atomic mass is 10.1. The van der Waals surface area contributed by atoms with Gasteiger partial charge in [0.15, 0.2) is 0 Å². The maximum atomic E-state index is 12.6. The van der Waals surface area contributed by atoms with Crippen molar-refractivity contribution in [2.24, 2.45) is 5.92 Å². The van der Waals surface area contributed by atoms with Gasteiger partial charge in [0.2, 0.25) is 9.84 Å². The summed E-state index contributed by atoms with van der Waals surface area (Å²) >= 11 is 0. The molecule has 6 heteroatoms. The highest BCUT2D eigenvalue weighted by molar-refractivity contribution is 7.91. The second-order valence-electron chi connectivity index (χ2n) is 5.38. The zero-order valence-corrected chi connectivity index (χ0v) is 14.7. The van der Waals surface area contributed by atoms with Crippen LogP contribution in [0.1, 0.15) is 20.3 Å². The van der Waals surface area contributed by atoms with Gasteiger partial charge < -0.3 is 9.47 Å². The van der Waals surface area contributed by atoms with Crippen LogP contribution in [0.2, 0.25) is 0 Å². The molecule has 0 spiro atoms. The van der Waals surface area contributed by atoms with Crippen molar-refractivity contribution in [1.82, 2.24) is 0 Å². The maximum absolute atomic E-state index is 12.6. The molecule has 1 unspecified atom stereocenters. The summed E-state index contributed by atoms with van der Waals surface area (Å²) in [6, 6.07) is 12.0. The Morgan fingerprint density at radius 3 is 1.83 bits per heavy atom. The Bertz CT molecular complexity index is 792. The highest BCUT2D eigenvalue weighted by Crippen LogP contribution is 2.25. The summed E-state index contributed by atoms with van der Waals surface area (Å²) in [6.07, 6.45) is 0.683. The van der Waals surface area contributed by atoms with Crippen LogP contribution in [0.5, 0.6) is 11.5 Å². The number of ether oxygens (including phenoxy) is 2. The van der Waals surface area contributed by atoms with E-state index in [1.165, 1.54) is 43.5 Å². The van der Waals surface area contributed by atoms with E-state index in [9.17, 15) is 13.2 Å². The first-order valence-electron chi connectivity index (χ1n) is 7.59. The quantitative estimate of drug-likeness (QED) is 0.590. The van der Waals surface area contributed by atoms with Crippen LogP contribution in [0.25, 0.3) is 0 Å². The van der Waals surface area contributed by atoms with Crippen LogP contribution < -0.4 is 9.47 Å².